The molecular weight excluding hydrogens is 418 g/mol. The van der Waals surface area contributed by atoms with Crippen LogP contribution >= 0.6 is 11.3 Å². The van der Waals surface area contributed by atoms with E-state index >= 15 is 0 Å². The van der Waals surface area contributed by atoms with E-state index in [0.29, 0.717) is 0 Å². The molecule has 0 unspecified atom stereocenters. The van der Waals surface area contributed by atoms with Gasteiger partial charge in [-0.05, 0) is 49.0 Å². The van der Waals surface area contributed by atoms with Gasteiger partial charge in [-0.15, -0.1) is 0 Å². The molecule has 1 fully saturated rings. The van der Waals surface area contributed by atoms with Gasteiger partial charge >= 0.3 is 0 Å². The molecule has 4 aromatic rings. The molecule has 1 aromatic carbocycles. The fraction of sp³-hybridized carbons (Fsp3) is 0.292. The molecule has 164 valence electrons. The second-order valence-electron chi connectivity index (χ2n) is 8.16. The van der Waals surface area contributed by atoms with E-state index in [1.807, 2.05) is 43.6 Å². The van der Waals surface area contributed by atoms with Crippen LogP contribution in [0.5, 0.6) is 0 Å². The van der Waals surface area contributed by atoms with Gasteiger partial charge in [-0.1, -0.05) is 29.5 Å². The monoisotopic (exact) mass is 445 g/mol. The number of benzene rings is 1. The minimum Gasteiger partial charge on any atom is -0.329 e. The molecule has 1 aliphatic rings. The minimum atomic E-state index is 0.802. The first-order valence-electron chi connectivity index (χ1n) is 10.8. The number of nitrogens with one attached hydrogen (secondary N) is 1. The van der Waals surface area contributed by atoms with Gasteiger partial charge in [-0.2, -0.15) is 0 Å². The molecule has 5 rings (SSSR count). The maximum Gasteiger partial charge on any atom is 0.190 e. The van der Waals surface area contributed by atoms with Crippen molar-refractivity contribution in [2.45, 2.75) is 6.54 Å². The zero-order valence-corrected chi connectivity index (χ0v) is 19.2. The fourth-order valence-electron chi connectivity index (χ4n) is 3.85. The van der Waals surface area contributed by atoms with Crippen molar-refractivity contribution in [3.8, 4) is 0 Å². The van der Waals surface area contributed by atoms with Crippen molar-refractivity contribution < 1.29 is 0 Å². The molecule has 0 radical (unpaired) electrons. The van der Waals surface area contributed by atoms with Gasteiger partial charge in [0.25, 0.3) is 0 Å². The highest BCUT2D eigenvalue weighted by atomic mass is 32.1. The summed E-state index contributed by atoms with van der Waals surface area (Å²) in [6.07, 6.45) is 1.87. The Morgan fingerprint density at radius 2 is 1.81 bits per heavy atom. The molecule has 1 aliphatic heterocycles. The quantitative estimate of drug-likeness (QED) is 0.474. The molecule has 0 aliphatic carbocycles. The summed E-state index contributed by atoms with van der Waals surface area (Å²) in [5.41, 5.74) is 3.25. The highest BCUT2D eigenvalue weighted by molar-refractivity contribution is 7.21. The van der Waals surface area contributed by atoms with Crippen molar-refractivity contribution in [1.82, 2.24) is 24.8 Å². The Labute approximate surface area is 192 Å². The Morgan fingerprint density at radius 3 is 2.62 bits per heavy atom. The normalized spacial score (nSPS) is 15.2. The number of likely N-dealkylation sites (N-methyl/N-ethyl adjacent to an activating group) is 1. The fourth-order valence-corrected chi connectivity index (χ4v) is 4.69. The van der Waals surface area contributed by atoms with Crippen molar-refractivity contribution in [2.24, 2.45) is 0 Å². The molecule has 3 aromatic heterocycles. The minimum absolute atomic E-state index is 0.802. The Hall–Kier alpha value is -3.07. The largest absolute Gasteiger partial charge is 0.329 e. The number of hydrogen-bond donors (Lipinski definition) is 1. The Balaban J connectivity index is 1.30. The molecule has 32 heavy (non-hydrogen) atoms. The molecule has 1 saturated heterocycles. The van der Waals surface area contributed by atoms with E-state index in [9.17, 15) is 0 Å². The zero-order chi connectivity index (χ0) is 21.9. The lowest BCUT2D eigenvalue weighted by Crippen LogP contribution is -2.43. The summed E-state index contributed by atoms with van der Waals surface area (Å²) in [7, 11) is 4.21. The van der Waals surface area contributed by atoms with E-state index in [1.165, 1.54) is 5.56 Å². The van der Waals surface area contributed by atoms with E-state index in [1.54, 1.807) is 11.3 Å². The standard InChI is InChI=1S/C24H27N7S/c1-29-12-14-31(15-13-29)17-18-10-11-25-21(16-18)27-24-26-20-8-9-22(28-23(20)32-24)30(2)19-6-4-3-5-7-19/h3-11,16H,12-15,17H2,1-2H3,(H,25,26,27). The zero-order valence-electron chi connectivity index (χ0n) is 18.4. The number of anilines is 4. The number of fused-ring (bicyclic) bond motifs is 1. The van der Waals surface area contributed by atoms with Gasteiger partial charge in [0, 0.05) is 51.7 Å². The predicted octanol–water partition coefficient (Wildman–Crippen LogP) is 4.35. The first kappa shape index (κ1) is 20.8. The number of piperazine rings is 1. The number of aromatic nitrogens is 3. The summed E-state index contributed by atoms with van der Waals surface area (Å²) < 4.78 is 0. The van der Waals surface area contributed by atoms with Crippen LogP contribution in [0.1, 0.15) is 5.56 Å². The molecule has 0 bridgehead atoms. The first-order valence-corrected chi connectivity index (χ1v) is 11.6. The number of para-hydroxylation sites is 1. The Kier molecular flexibility index (Phi) is 5.98. The van der Waals surface area contributed by atoms with Gasteiger partial charge in [-0.25, -0.2) is 15.0 Å². The van der Waals surface area contributed by atoms with Crippen LogP contribution < -0.4 is 10.2 Å². The van der Waals surface area contributed by atoms with Crippen molar-refractivity contribution in [1.29, 1.82) is 0 Å². The average Bonchev–Trinajstić information content (AvgIpc) is 3.22. The van der Waals surface area contributed by atoms with Gasteiger partial charge in [-0.3, -0.25) is 4.90 Å². The Morgan fingerprint density at radius 1 is 1.00 bits per heavy atom. The summed E-state index contributed by atoms with van der Waals surface area (Å²) in [5, 5.41) is 4.18. The van der Waals surface area contributed by atoms with Crippen LogP contribution in [-0.4, -0.2) is 65.0 Å². The van der Waals surface area contributed by atoms with Crippen LogP contribution in [0, 0.1) is 0 Å². The third-order valence-electron chi connectivity index (χ3n) is 5.79. The smallest absolute Gasteiger partial charge is 0.190 e. The van der Waals surface area contributed by atoms with Crippen LogP contribution in [0.25, 0.3) is 10.3 Å². The molecule has 7 nitrogen and oxygen atoms in total. The molecule has 0 saturated carbocycles. The number of hydrogen-bond acceptors (Lipinski definition) is 8. The van der Waals surface area contributed by atoms with Crippen molar-refractivity contribution in [3.63, 3.8) is 0 Å². The number of rotatable bonds is 6. The summed E-state index contributed by atoms with van der Waals surface area (Å²) >= 11 is 1.54. The first-order chi connectivity index (χ1) is 15.6. The number of nitrogens with zero attached hydrogens (tertiary/aromatic N) is 6. The second-order valence-corrected chi connectivity index (χ2v) is 9.14. The van der Waals surface area contributed by atoms with E-state index in [2.05, 4.69) is 56.3 Å². The van der Waals surface area contributed by atoms with Crippen LogP contribution in [0.4, 0.5) is 22.5 Å². The van der Waals surface area contributed by atoms with Gasteiger partial charge < -0.3 is 15.1 Å². The summed E-state index contributed by atoms with van der Waals surface area (Å²) in [5.74, 6) is 1.71. The number of pyridine rings is 2. The van der Waals surface area contributed by atoms with Crippen LogP contribution in [0.2, 0.25) is 0 Å². The topological polar surface area (TPSA) is 60.4 Å². The average molecular weight is 446 g/mol. The lowest BCUT2D eigenvalue weighted by atomic mass is 10.2. The van der Waals surface area contributed by atoms with E-state index in [-0.39, 0.29) is 0 Å². The lowest BCUT2D eigenvalue weighted by Gasteiger charge is -2.32. The SMILES string of the molecule is CN1CCN(Cc2ccnc(Nc3nc4ccc(N(C)c5ccccc5)nc4s3)c2)CC1. The van der Waals surface area contributed by atoms with Gasteiger partial charge in [0.15, 0.2) is 5.13 Å². The van der Waals surface area contributed by atoms with Crippen molar-refractivity contribution in [3.05, 3.63) is 66.4 Å². The molecule has 4 heterocycles. The van der Waals surface area contributed by atoms with E-state index in [4.69, 9.17) is 9.97 Å². The molecule has 0 amide bonds. The highest BCUT2D eigenvalue weighted by Crippen LogP contribution is 2.30. The van der Waals surface area contributed by atoms with E-state index < -0.39 is 0 Å². The van der Waals surface area contributed by atoms with E-state index in [0.717, 1.165) is 65.5 Å². The van der Waals surface area contributed by atoms with Gasteiger partial charge in [0.2, 0.25) is 0 Å². The molecular formula is C24H27N7S. The van der Waals surface area contributed by atoms with Gasteiger partial charge in [0.05, 0.1) is 0 Å². The molecule has 1 N–H and O–H groups in total. The van der Waals surface area contributed by atoms with Crippen LogP contribution in [0.15, 0.2) is 60.8 Å². The van der Waals surface area contributed by atoms with Crippen molar-refractivity contribution >= 4 is 44.1 Å². The molecule has 8 heteroatoms. The maximum absolute atomic E-state index is 4.83. The van der Waals surface area contributed by atoms with Crippen molar-refractivity contribution in [2.75, 3.05) is 50.5 Å². The third-order valence-corrected chi connectivity index (χ3v) is 6.67. The second kappa shape index (κ2) is 9.20. The van der Waals surface area contributed by atoms with Crippen LogP contribution in [-0.2, 0) is 6.54 Å². The molecule has 0 spiro atoms. The lowest BCUT2D eigenvalue weighted by molar-refractivity contribution is 0.148. The summed E-state index contributed by atoms with van der Waals surface area (Å²) in [6, 6.07) is 18.5. The summed E-state index contributed by atoms with van der Waals surface area (Å²) in [4.78, 5) is 21.9. The van der Waals surface area contributed by atoms with Crippen LogP contribution in [0.3, 0.4) is 0 Å². The van der Waals surface area contributed by atoms with Gasteiger partial charge in [0.1, 0.15) is 22.0 Å². The Bertz CT molecular complexity index is 1190. The molecule has 0 atom stereocenters. The third kappa shape index (κ3) is 4.72. The maximum atomic E-state index is 4.83. The highest BCUT2D eigenvalue weighted by Gasteiger charge is 2.15. The number of thiazole rings is 1. The predicted molar refractivity (Wildman–Crippen MR) is 132 cm³/mol. The summed E-state index contributed by atoms with van der Waals surface area (Å²) in [6.45, 7) is 5.39.